The van der Waals surface area contributed by atoms with Gasteiger partial charge in [0.25, 0.3) is 5.91 Å². The van der Waals surface area contributed by atoms with Crippen LogP contribution in [-0.4, -0.2) is 31.0 Å². The molecule has 0 radical (unpaired) electrons. The maximum absolute atomic E-state index is 13.1. The van der Waals surface area contributed by atoms with Crippen molar-refractivity contribution in [3.05, 3.63) is 83.2 Å². The van der Waals surface area contributed by atoms with Crippen LogP contribution in [0.25, 0.3) is 0 Å². The minimum atomic E-state index is -0.467. The van der Waals surface area contributed by atoms with Crippen molar-refractivity contribution >= 4 is 17.5 Å². The number of rotatable bonds is 7. The van der Waals surface area contributed by atoms with Crippen molar-refractivity contribution in [1.29, 1.82) is 0 Å². The molecule has 1 atom stereocenters. The number of nitrogens with one attached hydrogen (secondary N) is 1. The third-order valence-corrected chi connectivity index (χ3v) is 5.51. The van der Waals surface area contributed by atoms with Gasteiger partial charge < -0.3 is 14.8 Å². The van der Waals surface area contributed by atoms with Crippen LogP contribution in [0, 0.1) is 6.92 Å². The van der Waals surface area contributed by atoms with Gasteiger partial charge in [-0.15, -0.1) is 0 Å². The Balaban J connectivity index is 1.53. The molecule has 7 nitrogen and oxygen atoms in total. The SMILES string of the molecule is COc1ccc(CNC(=O)C[C@H]2c3ncccc3C(=O)N2c2cccc(C)c2)cc1OC. The number of amides is 2. The monoisotopic (exact) mass is 431 g/mol. The molecule has 4 rings (SSSR count). The highest BCUT2D eigenvalue weighted by atomic mass is 16.5. The Bertz CT molecular complexity index is 1160. The molecule has 0 fully saturated rings. The number of carbonyl (C=O) groups is 2. The van der Waals surface area contributed by atoms with E-state index in [1.807, 2.05) is 43.3 Å². The summed E-state index contributed by atoms with van der Waals surface area (Å²) in [6.45, 7) is 2.31. The molecule has 1 N–H and O–H groups in total. The molecule has 1 aliphatic rings. The van der Waals surface area contributed by atoms with Crippen molar-refractivity contribution in [1.82, 2.24) is 10.3 Å². The lowest BCUT2D eigenvalue weighted by atomic mass is 10.1. The zero-order chi connectivity index (χ0) is 22.7. The molecule has 2 aromatic carbocycles. The lowest BCUT2D eigenvalue weighted by Gasteiger charge is -2.25. The predicted octanol–water partition coefficient (Wildman–Crippen LogP) is 3.82. The summed E-state index contributed by atoms with van der Waals surface area (Å²) in [5.41, 5.74) is 3.83. The van der Waals surface area contributed by atoms with Crippen LogP contribution in [-0.2, 0) is 11.3 Å². The Morgan fingerprint density at radius 1 is 1.06 bits per heavy atom. The fourth-order valence-electron chi connectivity index (χ4n) is 3.96. The van der Waals surface area contributed by atoms with Gasteiger partial charge in [0.2, 0.25) is 5.91 Å². The number of fused-ring (bicyclic) bond motifs is 1. The van der Waals surface area contributed by atoms with Gasteiger partial charge in [-0.25, -0.2) is 0 Å². The van der Waals surface area contributed by atoms with E-state index in [0.717, 1.165) is 16.8 Å². The Labute approximate surface area is 187 Å². The molecule has 0 bridgehead atoms. The molecule has 1 aromatic heterocycles. The second-order valence-corrected chi connectivity index (χ2v) is 7.64. The van der Waals surface area contributed by atoms with Crippen molar-refractivity contribution < 1.29 is 19.1 Å². The molecule has 0 aliphatic carbocycles. The molecule has 0 unspecified atom stereocenters. The maximum atomic E-state index is 13.1. The van der Waals surface area contributed by atoms with Crippen molar-refractivity contribution in [2.45, 2.75) is 25.9 Å². The van der Waals surface area contributed by atoms with E-state index in [9.17, 15) is 9.59 Å². The zero-order valence-electron chi connectivity index (χ0n) is 18.3. The van der Waals surface area contributed by atoms with E-state index in [2.05, 4.69) is 10.3 Å². The Hall–Kier alpha value is -3.87. The third kappa shape index (κ3) is 4.14. The summed E-state index contributed by atoms with van der Waals surface area (Å²) in [6, 6.07) is 16.2. The first-order valence-electron chi connectivity index (χ1n) is 10.3. The standard InChI is InChI=1S/C25H25N3O4/c1-16-6-4-7-18(12-16)28-20(24-19(25(28)30)8-5-11-26-24)14-23(29)27-15-17-9-10-21(31-2)22(13-17)32-3/h4-13,20H,14-15H2,1-3H3,(H,27,29)/t20-/m0/s1. The quantitative estimate of drug-likeness (QED) is 0.615. The highest BCUT2D eigenvalue weighted by molar-refractivity contribution is 6.11. The Kier molecular flexibility index (Phi) is 6.07. The van der Waals surface area contributed by atoms with Crippen molar-refractivity contribution in [2.24, 2.45) is 0 Å². The summed E-state index contributed by atoms with van der Waals surface area (Å²) in [5.74, 6) is 0.915. The normalized spacial score (nSPS) is 14.8. The van der Waals surface area contributed by atoms with E-state index in [-0.39, 0.29) is 18.2 Å². The molecule has 3 aromatic rings. The van der Waals surface area contributed by atoms with Crippen LogP contribution in [0.4, 0.5) is 5.69 Å². The van der Waals surface area contributed by atoms with Crippen LogP contribution in [0.1, 0.15) is 39.6 Å². The second-order valence-electron chi connectivity index (χ2n) is 7.64. The molecule has 2 heterocycles. The number of methoxy groups -OCH3 is 2. The molecule has 0 saturated heterocycles. The number of carbonyl (C=O) groups excluding carboxylic acids is 2. The number of pyridine rings is 1. The summed E-state index contributed by atoms with van der Waals surface area (Å²) >= 11 is 0. The Morgan fingerprint density at radius 3 is 2.62 bits per heavy atom. The smallest absolute Gasteiger partial charge is 0.260 e. The molecule has 1 aliphatic heterocycles. The summed E-state index contributed by atoms with van der Waals surface area (Å²) < 4.78 is 10.6. The number of anilines is 1. The average molecular weight is 431 g/mol. The number of aryl methyl sites for hydroxylation is 1. The molecule has 32 heavy (non-hydrogen) atoms. The first-order valence-corrected chi connectivity index (χ1v) is 10.3. The Morgan fingerprint density at radius 2 is 1.88 bits per heavy atom. The van der Waals surface area contributed by atoms with Gasteiger partial charge >= 0.3 is 0 Å². The minimum Gasteiger partial charge on any atom is -0.493 e. The topological polar surface area (TPSA) is 80.8 Å². The summed E-state index contributed by atoms with van der Waals surface area (Å²) in [4.78, 5) is 32.1. The second kappa shape index (κ2) is 9.09. The van der Waals surface area contributed by atoms with Gasteiger partial charge in [-0.1, -0.05) is 18.2 Å². The van der Waals surface area contributed by atoms with Gasteiger partial charge in [-0.05, 0) is 54.4 Å². The van der Waals surface area contributed by atoms with E-state index in [1.165, 1.54) is 0 Å². The van der Waals surface area contributed by atoms with Crippen LogP contribution in [0.5, 0.6) is 11.5 Å². The van der Waals surface area contributed by atoms with Crippen LogP contribution >= 0.6 is 0 Å². The van der Waals surface area contributed by atoms with Gasteiger partial charge in [-0.2, -0.15) is 0 Å². The molecule has 0 saturated carbocycles. The van der Waals surface area contributed by atoms with E-state index in [4.69, 9.17) is 9.47 Å². The largest absolute Gasteiger partial charge is 0.493 e. The lowest BCUT2D eigenvalue weighted by Crippen LogP contribution is -2.33. The predicted molar refractivity (Wildman–Crippen MR) is 121 cm³/mol. The lowest BCUT2D eigenvalue weighted by molar-refractivity contribution is -0.121. The molecular formula is C25H25N3O4. The van der Waals surface area contributed by atoms with Crippen molar-refractivity contribution in [3.8, 4) is 11.5 Å². The highest BCUT2D eigenvalue weighted by Crippen LogP contribution is 2.38. The molecule has 7 heteroatoms. The minimum absolute atomic E-state index is 0.108. The van der Waals surface area contributed by atoms with Crippen LogP contribution in [0.2, 0.25) is 0 Å². The maximum Gasteiger partial charge on any atom is 0.260 e. The van der Waals surface area contributed by atoms with E-state index in [0.29, 0.717) is 29.3 Å². The van der Waals surface area contributed by atoms with Crippen molar-refractivity contribution in [2.75, 3.05) is 19.1 Å². The number of ether oxygens (including phenoxy) is 2. The summed E-state index contributed by atoms with van der Waals surface area (Å²) in [6.07, 6.45) is 1.76. The summed E-state index contributed by atoms with van der Waals surface area (Å²) in [7, 11) is 3.15. The fourth-order valence-corrected chi connectivity index (χ4v) is 3.96. The van der Waals surface area contributed by atoms with Crippen LogP contribution in [0.15, 0.2) is 60.8 Å². The number of benzene rings is 2. The average Bonchev–Trinajstić information content (AvgIpc) is 3.09. The highest BCUT2D eigenvalue weighted by Gasteiger charge is 2.39. The fraction of sp³-hybridized carbons (Fsp3) is 0.240. The molecule has 164 valence electrons. The van der Waals surface area contributed by atoms with Gasteiger partial charge in [0.05, 0.1) is 37.9 Å². The molecular weight excluding hydrogens is 406 g/mol. The number of hydrogen-bond acceptors (Lipinski definition) is 5. The first-order chi connectivity index (χ1) is 15.5. The van der Waals surface area contributed by atoms with E-state index >= 15 is 0 Å². The molecule has 0 spiro atoms. The van der Waals surface area contributed by atoms with Gasteiger partial charge in [0.1, 0.15) is 0 Å². The molecule has 2 amide bonds. The van der Waals surface area contributed by atoms with Gasteiger partial charge in [-0.3, -0.25) is 19.5 Å². The van der Waals surface area contributed by atoms with Crippen LogP contribution < -0.4 is 19.7 Å². The number of hydrogen-bond donors (Lipinski definition) is 1. The third-order valence-electron chi connectivity index (χ3n) is 5.51. The summed E-state index contributed by atoms with van der Waals surface area (Å²) in [5, 5.41) is 2.94. The van der Waals surface area contributed by atoms with E-state index in [1.54, 1.807) is 43.5 Å². The van der Waals surface area contributed by atoms with E-state index < -0.39 is 6.04 Å². The number of aromatic nitrogens is 1. The van der Waals surface area contributed by atoms with Crippen molar-refractivity contribution in [3.63, 3.8) is 0 Å². The first kappa shape index (κ1) is 21.4. The van der Waals surface area contributed by atoms with Gasteiger partial charge in [0, 0.05) is 18.4 Å². The van der Waals surface area contributed by atoms with Crippen LogP contribution in [0.3, 0.4) is 0 Å². The number of nitrogens with zero attached hydrogens (tertiary/aromatic N) is 2. The zero-order valence-corrected chi connectivity index (χ0v) is 18.3. The van der Waals surface area contributed by atoms with Gasteiger partial charge in [0.15, 0.2) is 11.5 Å².